The van der Waals surface area contributed by atoms with E-state index >= 15 is 0 Å². The predicted molar refractivity (Wildman–Crippen MR) is 79.3 cm³/mol. The number of halogens is 1. The summed E-state index contributed by atoms with van der Waals surface area (Å²) in [6, 6.07) is 16.9. The van der Waals surface area contributed by atoms with E-state index in [1.807, 2.05) is 19.1 Å². The highest BCUT2D eigenvalue weighted by Gasteiger charge is 1.96. The van der Waals surface area contributed by atoms with Crippen LogP contribution in [0.15, 0.2) is 48.5 Å². The van der Waals surface area contributed by atoms with Crippen molar-refractivity contribution in [2.45, 2.75) is 26.9 Å². The Bertz CT molecular complexity index is 493. The summed E-state index contributed by atoms with van der Waals surface area (Å²) in [5.74, 6) is 0.935. The van der Waals surface area contributed by atoms with Gasteiger partial charge in [0.2, 0.25) is 0 Å². The van der Waals surface area contributed by atoms with Crippen molar-refractivity contribution in [2.24, 2.45) is 0 Å². The maximum atomic E-state index is 5.43. The van der Waals surface area contributed by atoms with Crippen molar-refractivity contribution >= 4 is 0 Å². The topological polar surface area (TPSA) is 21.3 Å². The predicted octanol–water partition coefficient (Wildman–Crippen LogP) is 0.688. The first-order valence-electron chi connectivity index (χ1n) is 6.76. The molecule has 0 aromatic heterocycles. The fraction of sp³-hybridized carbons (Fsp3) is 0.294. The third-order valence-corrected chi connectivity index (χ3v) is 3.01. The van der Waals surface area contributed by atoms with Gasteiger partial charge in [-0.05, 0) is 37.1 Å². The fourth-order valence-corrected chi connectivity index (χ4v) is 1.93. The first-order valence-corrected chi connectivity index (χ1v) is 6.76. The second kappa shape index (κ2) is 8.62. The third-order valence-electron chi connectivity index (χ3n) is 3.01. The van der Waals surface area contributed by atoms with E-state index in [2.05, 4.69) is 48.6 Å². The molecule has 3 heteroatoms. The minimum absolute atomic E-state index is 0. The quantitative estimate of drug-likeness (QED) is 0.845. The first-order chi connectivity index (χ1) is 9.28. The van der Waals surface area contributed by atoms with Gasteiger partial charge in [-0.15, -0.1) is 0 Å². The van der Waals surface area contributed by atoms with Gasteiger partial charge in [0.05, 0.1) is 6.61 Å². The third kappa shape index (κ3) is 5.24. The lowest BCUT2D eigenvalue weighted by Gasteiger charge is -2.07. The molecule has 2 nitrogen and oxygen atoms in total. The monoisotopic (exact) mass is 290 g/mol. The van der Waals surface area contributed by atoms with E-state index in [0.717, 1.165) is 18.8 Å². The van der Waals surface area contributed by atoms with Crippen LogP contribution in [0.25, 0.3) is 0 Å². The summed E-state index contributed by atoms with van der Waals surface area (Å²) in [4.78, 5) is 0. The largest absolute Gasteiger partial charge is 1.00 e. The van der Waals surface area contributed by atoms with Gasteiger partial charge in [-0.1, -0.05) is 42.0 Å². The molecule has 0 aliphatic heterocycles. The Balaban J connectivity index is 0.00000200. The van der Waals surface area contributed by atoms with Gasteiger partial charge >= 0.3 is 0 Å². The molecule has 0 unspecified atom stereocenters. The van der Waals surface area contributed by atoms with Gasteiger partial charge in [0.25, 0.3) is 0 Å². The zero-order valence-corrected chi connectivity index (χ0v) is 12.8. The Labute approximate surface area is 127 Å². The summed E-state index contributed by atoms with van der Waals surface area (Å²) in [6.45, 7) is 6.59. The van der Waals surface area contributed by atoms with Crippen molar-refractivity contribution in [3.05, 3.63) is 65.2 Å². The van der Waals surface area contributed by atoms with Gasteiger partial charge in [0.1, 0.15) is 5.75 Å². The molecule has 0 saturated carbocycles. The molecule has 0 aliphatic carbocycles. The molecular weight excluding hydrogens is 270 g/mol. The molecule has 1 N–H and O–H groups in total. The van der Waals surface area contributed by atoms with E-state index in [4.69, 9.17) is 4.74 Å². The van der Waals surface area contributed by atoms with Crippen molar-refractivity contribution in [2.75, 3.05) is 6.61 Å². The lowest BCUT2D eigenvalue weighted by atomic mass is 10.1. The van der Waals surface area contributed by atoms with Crippen LogP contribution >= 0.6 is 0 Å². The van der Waals surface area contributed by atoms with Crippen LogP contribution in [0.3, 0.4) is 0 Å². The first kappa shape index (κ1) is 16.5. The molecule has 2 rings (SSSR count). The molecule has 2 aromatic carbocycles. The number of ether oxygens (including phenoxy) is 1. The average molecular weight is 291 g/mol. The molecule has 0 amide bonds. The number of hydrogen-bond donors (Lipinski definition) is 1. The minimum Gasteiger partial charge on any atom is -1.00 e. The molecule has 0 atom stereocenters. The lowest BCUT2D eigenvalue weighted by Crippen LogP contribution is -3.00. The van der Waals surface area contributed by atoms with E-state index in [1.54, 1.807) is 0 Å². The van der Waals surface area contributed by atoms with Gasteiger partial charge < -0.3 is 22.5 Å². The van der Waals surface area contributed by atoms with E-state index in [-0.39, 0.29) is 12.4 Å². The second-order valence-electron chi connectivity index (χ2n) is 4.67. The van der Waals surface area contributed by atoms with Crippen molar-refractivity contribution in [1.82, 2.24) is 5.32 Å². The molecule has 0 spiro atoms. The molecule has 0 aliphatic rings. The normalized spacial score (nSPS) is 9.90. The van der Waals surface area contributed by atoms with Crippen LogP contribution in [0.5, 0.6) is 5.75 Å². The number of rotatable bonds is 6. The number of nitrogens with one attached hydrogen (secondary N) is 1. The van der Waals surface area contributed by atoms with Crippen molar-refractivity contribution in [1.29, 1.82) is 0 Å². The maximum Gasteiger partial charge on any atom is 0.119 e. The number of aryl methyl sites for hydroxylation is 1. The van der Waals surface area contributed by atoms with Crippen LogP contribution in [0.1, 0.15) is 23.6 Å². The van der Waals surface area contributed by atoms with Gasteiger partial charge in [-0.3, -0.25) is 0 Å². The Morgan fingerprint density at radius 1 is 0.850 bits per heavy atom. The Morgan fingerprint density at radius 2 is 1.35 bits per heavy atom. The van der Waals surface area contributed by atoms with Crippen LogP contribution in [0.4, 0.5) is 0 Å². The van der Waals surface area contributed by atoms with Crippen molar-refractivity contribution in [3.63, 3.8) is 0 Å². The summed E-state index contributed by atoms with van der Waals surface area (Å²) in [5, 5.41) is 3.45. The summed E-state index contributed by atoms with van der Waals surface area (Å²) in [7, 11) is 0. The van der Waals surface area contributed by atoms with Crippen LogP contribution in [0.2, 0.25) is 0 Å². The van der Waals surface area contributed by atoms with Crippen molar-refractivity contribution < 1.29 is 17.1 Å². The molecular formula is C17H21ClNO-. The lowest BCUT2D eigenvalue weighted by molar-refractivity contribution is -0.00000457. The summed E-state index contributed by atoms with van der Waals surface area (Å²) >= 11 is 0. The smallest absolute Gasteiger partial charge is 0.119 e. The molecule has 20 heavy (non-hydrogen) atoms. The number of hydrogen-bond acceptors (Lipinski definition) is 2. The van der Waals surface area contributed by atoms with Crippen LogP contribution in [-0.4, -0.2) is 6.61 Å². The van der Waals surface area contributed by atoms with E-state index in [0.29, 0.717) is 6.61 Å². The molecule has 0 heterocycles. The van der Waals surface area contributed by atoms with Crippen LogP contribution in [0, 0.1) is 6.92 Å². The van der Waals surface area contributed by atoms with E-state index in [9.17, 15) is 0 Å². The fourth-order valence-electron chi connectivity index (χ4n) is 1.93. The Morgan fingerprint density at radius 3 is 1.85 bits per heavy atom. The minimum atomic E-state index is 0. The van der Waals surface area contributed by atoms with Crippen LogP contribution < -0.4 is 22.5 Å². The molecule has 108 valence electrons. The molecule has 2 aromatic rings. The second-order valence-corrected chi connectivity index (χ2v) is 4.67. The molecule has 0 radical (unpaired) electrons. The van der Waals surface area contributed by atoms with E-state index < -0.39 is 0 Å². The van der Waals surface area contributed by atoms with Gasteiger partial charge in [0, 0.05) is 13.1 Å². The average Bonchev–Trinajstić information content (AvgIpc) is 2.43. The van der Waals surface area contributed by atoms with Gasteiger partial charge in [-0.2, -0.15) is 0 Å². The van der Waals surface area contributed by atoms with Crippen molar-refractivity contribution in [3.8, 4) is 5.75 Å². The summed E-state index contributed by atoms with van der Waals surface area (Å²) in [5.41, 5.74) is 3.89. The summed E-state index contributed by atoms with van der Waals surface area (Å²) in [6.07, 6.45) is 0. The molecule has 0 bridgehead atoms. The Kier molecular flexibility index (Phi) is 7.13. The zero-order valence-electron chi connectivity index (χ0n) is 12.0. The highest BCUT2D eigenvalue weighted by Crippen LogP contribution is 2.12. The van der Waals surface area contributed by atoms with Crippen LogP contribution in [-0.2, 0) is 13.1 Å². The highest BCUT2D eigenvalue weighted by atomic mass is 35.5. The van der Waals surface area contributed by atoms with Gasteiger partial charge in [-0.25, -0.2) is 0 Å². The highest BCUT2D eigenvalue weighted by molar-refractivity contribution is 5.27. The van der Waals surface area contributed by atoms with E-state index in [1.165, 1.54) is 16.7 Å². The molecule has 0 saturated heterocycles. The SMILES string of the molecule is CCOc1ccc(CNCc2ccc(C)cc2)cc1.[Cl-]. The Hall–Kier alpha value is -1.51. The summed E-state index contributed by atoms with van der Waals surface area (Å²) < 4.78 is 5.43. The number of benzene rings is 2. The molecule has 0 fully saturated rings. The zero-order chi connectivity index (χ0) is 13.5. The maximum absolute atomic E-state index is 5.43. The standard InChI is InChI=1S/C17H21NO.ClH/c1-3-19-17-10-8-16(9-11-17)13-18-12-15-6-4-14(2)5-7-15;/h4-11,18H,3,12-13H2,1-2H3;1H/p-1. The van der Waals surface area contributed by atoms with Gasteiger partial charge in [0.15, 0.2) is 0 Å².